The zero-order chi connectivity index (χ0) is 11.8. The predicted octanol–water partition coefficient (Wildman–Crippen LogP) is 1.08. The number of carbonyl (C=O) groups excluding carboxylic acids is 1. The zero-order valence-electron chi connectivity index (χ0n) is 9.58. The average Bonchev–Trinajstić information content (AvgIpc) is 2.16. The van der Waals surface area contributed by atoms with Crippen LogP contribution >= 0.6 is 0 Å². The summed E-state index contributed by atoms with van der Waals surface area (Å²) in [5, 5.41) is 10.5. The summed E-state index contributed by atoms with van der Waals surface area (Å²) in [7, 11) is 0. The number of benzene rings is 1. The fourth-order valence-electron chi connectivity index (χ4n) is 1.99. The van der Waals surface area contributed by atoms with Crippen molar-refractivity contribution in [2.45, 2.75) is 38.7 Å². The Morgan fingerprint density at radius 1 is 1.50 bits per heavy atom. The summed E-state index contributed by atoms with van der Waals surface area (Å²) in [5.74, 6) is -0.171. The lowest BCUT2D eigenvalue weighted by molar-refractivity contribution is -0.304. The summed E-state index contributed by atoms with van der Waals surface area (Å²) in [5.41, 5.74) is 1.75. The van der Waals surface area contributed by atoms with Gasteiger partial charge in [-0.15, -0.1) is 0 Å². The van der Waals surface area contributed by atoms with Crippen LogP contribution in [0.25, 0.3) is 0 Å². The predicted molar refractivity (Wildman–Crippen MR) is 58.2 cm³/mol. The Labute approximate surface area is 95.0 Å². The minimum atomic E-state index is -1.04. The van der Waals surface area contributed by atoms with E-state index >= 15 is 0 Å². The van der Waals surface area contributed by atoms with Crippen LogP contribution in [0.5, 0.6) is 5.75 Å². The molecule has 2 rings (SSSR count). The first-order valence-corrected chi connectivity index (χ1v) is 5.47. The molecular weight excluding hydrogens is 204 g/mol. The number of carboxylic acid groups (broad SMARTS) is 1. The van der Waals surface area contributed by atoms with Crippen LogP contribution in [-0.2, 0) is 17.6 Å². The normalized spacial score (nSPS) is 17.4. The van der Waals surface area contributed by atoms with Crippen molar-refractivity contribution in [3.63, 3.8) is 0 Å². The molecule has 3 nitrogen and oxygen atoms in total. The highest BCUT2D eigenvalue weighted by atomic mass is 16.5. The zero-order valence-corrected chi connectivity index (χ0v) is 9.58. The lowest BCUT2D eigenvalue weighted by atomic mass is 9.93. The van der Waals surface area contributed by atoms with Crippen molar-refractivity contribution in [3.05, 3.63) is 29.3 Å². The molecule has 0 aliphatic carbocycles. The molecule has 3 heteroatoms. The van der Waals surface area contributed by atoms with E-state index < -0.39 is 5.97 Å². The van der Waals surface area contributed by atoms with Gasteiger partial charge in [0.15, 0.2) is 0 Å². The van der Waals surface area contributed by atoms with Crippen molar-refractivity contribution in [2.24, 2.45) is 0 Å². The molecule has 0 saturated heterocycles. The number of hydrogen-bond donors (Lipinski definition) is 0. The maximum absolute atomic E-state index is 10.5. The van der Waals surface area contributed by atoms with E-state index in [1.54, 1.807) is 6.07 Å². The summed E-state index contributed by atoms with van der Waals surface area (Å²) in [4.78, 5) is 10.5. The van der Waals surface area contributed by atoms with Crippen molar-refractivity contribution in [3.8, 4) is 5.75 Å². The molecule has 0 amide bonds. The van der Waals surface area contributed by atoms with Crippen LogP contribution in [0.3, 0.4) is 0 Å². The summed E-state index contributed by atoms with van der Waals surface area (Å²) in [6.45, 7) is 4.12. The van der Waals surface area contributed by atoms with Crippen LogP contribution in [0, 0.1) is 0 Å². The summed E-state index contributed by atoms with van der Waals surface area (Å²) < 4.78 is 5.82. The van der Waals surface area contributed by atoms with Gasteiger partial charge >= 0.3 is 0 Å². The van der Waals surface area contributed by atoms with Gasteiger partial charge in [0.05, 0.1) is 0 Å². The fourth-order valence-corrected chi connectivity index (χ4v) is 1.99. The van der Waals surface area contributed by atoms with E-state index in [4.69, 9.17) is 4.74 Å². The van der Waals surface area contributed by atoms with Crippen molar-refractivity contribution in [1.29, 1.82) is 0 Å². The third-order valence-electron chi connectivity index (χ3n) is 2.86. The van der Waals surface area contributed by atoms with Gasteiger partial charge in [0.25, 0.3) is 0 Å². The quantitative estimate of drug-likeness (QED) is 0.748. The van der Waals surface area contributed by atoms with E-state index in [0.717, 1.165) is 29.7 Å². The SMILES string of the molecule is CC1(C)CCc2cc(CC(=O)[O-])ccc2O1. The first-order chi connectivity index (χ1) is 7.46. The maximum Gasteiger partial charge on any atom is 0.123 e. The van der Waals surface area contributed by atoms with Gasteiger partial charge in [0, 0.05) is 12.4 Å². The van der Waals surface area contributed by atoms with Gasteiger partial charge in [0.1, 0.15) is 11.4 Å². The molecule has 16 heavy (non-hydrogen) atoms. The maximum atomic E-state index is 10.5. The van der Waals surface area contributed by atoms with Gasteiger partial charge < -0.3 is 14.6 Å². The van der Waals surface area contributed by atoms with Crippen molar-refractivity contribution in [2.75, 3.05) is 0 Å². The summed E-state index contributed by atoms with van der Waals surface area (Å²) in [6.07, 6.45) is 1.86. The minimum Gasteiger partial charge on any atom is -0.550 e. The van der Waals surface area contributed by atoms with Crippen molar-refractivity contribution >= 4 is 5.97 Å². The number of aryl methyl sites for hydroxylation is 1. The number of carboxylic acids is 1. The van der Waals surface area contributed by atoms with E-state index in [2.05, 4.69) is 13.8 Å². The first kappa shape index (κ1) is 11.0. The summed E-state index contributed by atoms with van der Waals surface area (Å²) in [6, 6.07) is 5.55. The Bertz CT molecular complexity index is 421. The molecule has 0 saturated carbocycles. The Morgan fingerprint density at radius 2 is 2.25 bits per heavy atom. The third kappa shape index (κ3) is 2.35. The van der Waals surface area contributed by atoms with Crippen LogP contribution in [0.4, 0.5) is 0 Å². The van der Waals surface area contributed by atoms with E-state index in [0.29, 0.717) is 0 Å². The number of hydrogen-bond acceptors (Lipinski definition) is 3. The molecule has 1 aromatic rings. The second-order valence-corrected chi connectivity index (χ2v) is 4.85. The van der Waals surface area contributed by atoms with E-state index in [1.807, 2.05) is 12.1 Å². The van der Waals surface area contributed by atoms with E-state index in [1.165, 1.54) is 0 Å². The fraction of sp³-hybridized carbons (Fsp3) is 0.462. The highest BCUT2D eigenvalue weighted by Crippen LogP contribution is 2.33. The Balaban J connectivity index is 2.24. The molecule has 0 atom stereocenters. The second kappa shape index (κ2) is 3.81. The van der Waals surface area contributed by atoms with Gasteiger partial charge in [-0.05, 0) is 43.9 Å². The van der Waals surface area contributed by atoms with Gasteiger partial charge in [-0.2, -0.15) is 0 Å². The molecule has 1 aliphatic rings. The average molecular weight is 219 g/mol. The van der Waals surface area contributed by atoms with E-state index in [-0.39, 0.29) is 12.0 Å². The molecule has 86 valence electrons. The first-order valence-electron chi connectivity index (χ1n) is 5.47. The molecule has 0 radical (unpaired) electrons. The number of rotatable bonds is 2. The molecular formula is C13H15O3-. The van der Waals surface area contributed by atoms with Crippen LogP contribution in [0.2, 0.25) is 0 Å². The molecule has 1 aliphatic heterocycles. The van der Waals surface area contributed by atoms with Gasteiger partial charge in [-0.1, -0.05) is 12.1 Å². The van der Waals surface area contributed by atoms with Crippen LogP contribution in [0.1, 0.15) is 31.4 Å². The van der Waals surface area contributed by atoms with Gasteiger partial charge in [-0.3, -0.25) is 0 Å². The molecule has 1 aromatic carbocycles. The molecule has 0 unspecified atom stereocenters. The third-order valence-corrected chi connectivity index (χ3v) is 2.86. The van der Waals surface area contributed by atoms with E-state index in [9.17, 15) is 9.90 Å². The largest absolute Gasteiger partial charge is 0.550 e. The number of aliphatic carboxylic acids is 1. The highest BCUT2D eigenvalue weighted by Gasteiger charge is 2.26. The Kier molecular flexibility index (Phi) is 2.62. The van der Waals surface area contributed by atoms with Crippen molar-refractivity contribution in [1.82, 2.24) is 0 Å². The topological polar surface area (TPSA) is 49.4 Å². The smallest absolute Gasteiger partial charge is 0.123 e. The van der Waals surface area contributed by atoms with Crippen molar-refractivity contribution < 1.29 is 14.6 Å². The van der Waals surface area contributed by atoms with Crippen LogP contribution < -0.4 is 9.84 Å². The standard InChI is InChI=1S/C13H16O3/c1-13(2)6-5-10-7-9(8-12(14)15)3-4-11(10)16-13/h3-4,7H,5-6,8H2,1-2H3,(H,14,15)/p-1. The lowest BCUT2D eigenvalue weighted by Crippen LogP contribution is -2.32. The molecule has 0 fully saturated rings. The Morgan fingerprint density at radius 3 is 2.94 bits per heavy atom. The number of carbonyl (C=O) groups is 1. The lowest BCUT2D eigenvalue weighted by Gasteiger charge is -2.32. The molecule has 0 bridgehead atoms. The highest BCUT2D eigenvalue weighted by molar-refractivity contribution is 5.68. The van der Waals surface area contributed by atoms with Crippen LogP contribution in [0.15, 0.2) is 18.2 Å². The molecule has 0 spiro atoms. The number of ether oxygens (including phenoxy) is 1. The second-order valence-electron chi connectivity index (χ2n) is 4.85. The Hall–Kier alpha value is -1.51. The van der Waals surface area contributed by atoms with Crippen LogP contribution in [-0.4, -0.2) is 11.6 Å². The monoisotopic (exact) mass is 219 g/mol. The summed E-state index contributed by atoms with van der Waals surface area (Å²) >= 11 is 0. The molecule has 0 aromatic heterocycles. The van der Waals surface area contributed by atoms with Gasteiger partial charge in [0.2, 0.25) is 0 Å². The molecule has 0 N–H and O–H groups in total. The minimum absolute atomic E-state index is 0.0311. The van der Waals surface area contributed by atoms with Gasteiger partial charge in [-0.25, -0.2) is 0 Å². The molecule has 1 heterocycles. The number of fused-ring (bicyclic) bond motifs is 1.